The van der Waals surface area contributed by atoms with Crippen LogP contribution in [0.2, 0.25) is 0 Å². The molecule has 0 spiro atoms. The number of hydrogen-bond donors (Lipinski definition) is 1. The molecule has 0 saturated carbocycles. The van der Waals surface area contributed by atoms with E-state index in [0.717, 1.165) is 37.9 Å². The van der Waals surface area contributed by atoms with Crippen molar-refractivity contribution >= 4 is 5.97 Å². The Kier molecular flexibility index (Phi) is 9.48. The Balaban J connectivity index is 2.62. The summed E-state index contributed by atoms with van der Waals surface area (Å²) in [6, 6.07) is 6.21. The maximum absolute atomic E-state index is 13.0. The van der Waals surface area contributed by atoms with Crippen LogP contribution < -0.4 is 5.32 Å². The molecule has 0 unspecified atom stereocenters. The van der Waals surface area contributed by atoms with Crippen LogP contribution in [0.15, 0.2) is 24.3 Å². The van der Waals surface area contributed by atoms with Gasteiger partial charge in [0.2, 0.25) is 0 Å². The van der Waals surface area contributed by atoms with Gasteiger partial charge in [-0.05, 0) is 50.0 Å². The molecule has 0 saturated heterocycles. The fourth-order valence-corrected chi connectivity index (χ4v) is 2.62. The fourth-order valence-electron chi connectivity index (χ4n) is 2.62. The van der Waals surface area contributed by atoms with Gasteiger partial charge in [-0.1, -0.05) is 25.5 Å². The van der Waals surface area contributed by atoms with E-state index in [-0.39, 0.29) is 23.8 Å². The maximum atomic E-state index is 13.0. The van der Waals surface area contributed by atoms with Gasteiger partial charge in [-0.3, -0.25) is 4.79 Å². The molecule has 2 atom stereocenters. The predicted octanol–water partition coefficient (Wildman–Crippen LogP) is 3.47. The summed E-state index contributed by atoms with van der Waals surface area (Å²) in [5.74, 6) is -0.703. The second kappa shape index (κ2) is 11.1. The summed E-state index contributed by atoms with van der Waals surface area (Å²) in [4.78, 5) is 12.0. The maximum Gasteiger partial charge on any atom is 0.308 e. The lowest BCUT2D eigenvalue weighted by atomic mass is 9.92. The van der Waals surface area contributed by atoms with Crippen LogP contribution in [-0.2, 0) is 14.3 Å². The van der Waals surface area contributed by atoms with Crippen molar-refractivity contribution in [1.82, 2.24) is 5.32 Å². The van der Waals surface area contributed by atoms with Crippen molar-refractivity contribution in [2.45, 2.75) is 38.7 Å². The molecule has 4 nitrogen and oxygen atoms in total. The zero-order valence-electron chi connectivity index (χ0n) is 14.3. The lowest BCUT2D eigenvalue weighted by Crippen LogP contribution is -2.21. The van der Waals surface area contributed by atoms with E-state index in [1.807, 2.05) is 0 Å². The first kappa shape index (κ1) is 19.6. The molecule has 0 radical (unpaired) electrons. The van der Waals surface area contributed by atoms with E-state index >= 15 is 0 Å². The average Bonchev–Trinajstić information content (AvgIpc) is 2.57. The summed E-state index contributed by atoms with van der Waals surface area (Å²) < 4.78 is 23.5. The van der Waals surface area contributed by atoms with E-state index in [1.165, 1.54) is 19.2 Å². The van der Waals surface area contributed by atoms with Gasteiger partial charge in [-0.2, -0.15) is 0 Å². The third kappa shape index (κ3) is 7.10. The number of unbranched alkanes of at least 4 members (excludes halogenated alkanes) is 1. The number of carbonyl (C=O) groups excluding carboxylic acids is 1. The molecule has 0 fully saturated rings. The molecule has 0 aliphatic carbocycles. The van der Waals surface area contributed by atoms with Crippen LogP contribution in [0.1, 0.15) is 44.3 Å². The zero-order valence-corrected chi connectivity index (χ0v) is 14.3. The summed E-state index contributed by atoms with van der Waals surface area (Å²) >= 11 is 0. The van der Waals surface area contributed by atoms with Gasteiger partial charge in [0.05, 0.1) is 19.1 Å². The Morgan fingerprint density at radius 3 is 2.48 bits per heavy atom. The van der Waals surface area contributed by atoms with Crippen molar-refractivity contribution in [2.24, 2.45) is 5.92 Å². The minimum atomic E-state index is -0.281. The summed E-state index contributed by atoms with van der Waals surface area (Å²) in [6.07, 6.45) is 3.03. The first-order valence-corrected chi connectivity index (χ1v) is 8.19. The van der Waals surface area contributed by atoms with Crippen molar-refractivity contribution in [3.05, 3.63) is 35.6 Å². The molecule has 0 heterocycles. The normalized spacial score (nSPS) is 13.6. The highest BCUT2D eigenvalue weighted by Crippen LogP contribution is 2.28. The predicted molar refractivity (Wildman–Crippen MR) is 88.7 cm³/mol. The van der Waals surface area contributed by atoms with E-state index < -0.39 is 0 Å². The van der Waals surface area contributed by atoms with Crippen molar-refractivity contribution in [3.63, 3.8) is 0 Å². The van der Waals surface area contributed by atoms with E-state index in [0.29, 0.717) is 6.42 Å². The molecular weight excluding hydrogens is 297 g/mol. The van der Waals surface area contributed by atoms with Crippen molar-refractivity contribution in [2.75, 3.05) is 27.3 Å². The standard InChI is InChI=1S/C18H28FNO3/c1-4-20-12-6-5-7-15(18(21)23-3)13-17(22-2)14-8-10-16(19)11-9-14/h8-11,15,17,20H,4-7,12-13H2,1-3H3/t15-,17+/m0/s1. The van der Waals surface area contributed by atoms with E-state index in [2.05, 4.69) is 12.2 Å². The molecule has 1 rings (SSSR count). The van der Waals surface area contributed by atoms with Crippen LogP contribution in [-0.4, -0.2) is 33.3 Å². The SMILES string of the molecule is CCNCCCC[C@@H](C[C@@H](OC)c1ccc(F)cc1)C(=O)OC. The number of esters is 1. The molecule has 5 heteroatoms. The molecule has 0 aromatic heterocycles. The molecule has 0 amide bonds. The second-order valence-electron chi connectivity index (χ2n) is 5.58. The minimum Gasteiger partial charge on any atom is -0.469 e. The molecule has 1 aromatic carbocycles. The first-order valence-electron chi connectivity index (χ1n) is 8.19. The van der Waals surface area contributed by atoms with Crippen molar-refractivity contribution < 1.29 is 18.7 Å². The highest BCUT2D eigenvalue weighted by atomic mass is 19.1. The smallest absolute Gasteiger partial charge is 0.308 e. The highest BCUT2D eigenvalue weighted by Gasteiger charge is 2.24. The van der Waals surface area contributed by atoms with Gasteiger partial charge < -0.3 is 14.8 Å². The number of carbonyl (C=O) groups is 1. The van der Waals surface area contributed by atoms with Gasteiger partial charge >= 0.3 is 5.97 Å². The lowest BCUT2D eigenvalue weighted by Gasteiger charge is -2.21. The van der Waals surface area contributed by atoms with E-state index in [1.54, 1.807) is 19.2 Å². The topological polar surface area (TPSA) is 47.6 Å². The highest BCUT2D eigenvalue weighted by molar-refractivity contribution is 5.72. The molecule has 1 aromatic rings. The minimum absolute atomic E-state index is 0.211. The fraction of sp³-hybridized carbons (Fsp3) is 0.611. The van der Waals surface area contributed by atoms with Gasteiger partial charge in [0.25, 0.3) is 0 Å². The molecule has 0 aliphatic rings. The van der Waals surface area contributed by atoms with Gasteiger partial charge in [0, 0.05) is 7.11 Å². The van der Waals surface area contributed by atoms with Crippen LogP contribution in [0.4, 0.5) is 4.39 Å². The Morgan fingerprint density at radius 2 is 1.91 bits per heavy atom. The Morgan fingerprint density at radius 1 is 1.22 bits per heavy atom. The van der Waals surface area contributed by atoms with Crippen LogP contribution in [0.5, 0.6) is 0 Å². The number of benzene rings is 1. The number of nitrogens with one attached hydrogen (secondary N) is 1. The van der Waals surface area contributed by atoms with E-state index in [9.17, 15) is 9.18 Å². The van der Waals surface area contributed by atoms with Gasteiger partial charge in [0.1, 0.15) is 5.82 Å². The number of methoxy groups -OCH3 is 2. The van der Waals surface area contributed by atoms with Crippen LogP contribution in [0.25, 0.3) is 0 Å². The first-order chi connectivity index (χ1) is 11.1. The van der Waals surface area contributed by atoms with Gasteiger partial charge in [-0.25, -0.2) is 4.39 Å². The summed E-state index contributed by atoms with van der Waals surface area (Å²) in [5.41, 5.74) is 0.871. The zero-order chi connectivity index (χ0) is 17.1. The quantitative estimate of drug-likeness (QED) is 0.500. The van der Waals surface area contributed by atoms with Crippen LogP contribution >= 0.6 is 0 Å². The molecule has 1 N–H and O–H groups in total. The largest absolute Gasteiger partial charge is 0.469 e. The monoisotopic (exact) mass is 325 g/mol. The number of ether oxygens (including phenoxy) is 2. The third-order valence-electron chi connectivity index (χ3n) is 3.97. The Bertz CT molecular complexity index is 450. The molecule has 0 aliphatic heterocycles. The molecule has 0 bridgehead atoms. The number of halogens is 1. The summed E-state index contributed by atoms with van der Waals surface area (Å²) in [5, 5.41) is 3.27. The van der Waals surface area contributed by atoms with Crippen LogP contribution in [0, 0.1) is 11.7 Å². The molecule has 23 heavy (non-hydrogen) atoms. The second-order valence-corrected chi connectivity index (χ2v) is 5.58. The Labute approximate surface area is 138 Å². The number of hydrogen-bond acceptors (Lipinski definition) is 4. The van der Waals surface area contributed by atoms with Crippen LogP contribution in [0.3, 0.4) is 0 Å². The van der Waals surface area contributed by atoms with E-state index in [4.69, 9.17) is 9.47 Å². The third-order valence-corrected chi connectivity index (χ3v) is 3.97. The van der Waals surface area contributed by atoms with Gasteiger partial charge in [-0.15, -0.1) is 0 Å². The van der Waals surface area contributed by atoms with Crippen molar-refractivity contribution in [3.8, 4) is 0 Å². The Hall–Kier alpha value is -1.46. The lowest BCUT2D eigenvalue weighted by molar-refractivity contribution is -0.147. The summed E-state index contributed by atoms with van der Waals surface area (Å²) in [6.45, 7) is 3.98. The average molecular weight is 325 g/mol. The van der Waals surface area contributed by atoms with Gasteiger partial charge in [0.15, 0.2) is 0 Å². The van der Waals surface area contributed by atoms with Crippen molar-refractivity contribution in [1.29, 1.82) is 0 Å². The summed E-state index contributed by atoms with van der Waals surface area (Å²) in [7, 11) is 3.02. The number of rotatable bonds is 11. The molecular formula is C18H28FNO3. The molecule has 130 valence electrons.